The predicted molar refractivity (Wildman–Crippen MR) is 48.1 cm³/mol. The van der Waals surface area contributed by atoms with Gasteiger partial charge >= 0.3 is 0 Å². The Morgan fingerprint density at radius 1 is 1.67 bits per heavy atom. The van der Waals surface area contributed by atoms with E-state index in [-0.39, 0.29) is 12.2 Å². The zero-order valence-electron chi connectivity index (χ0n) is 6.47. The van der Waals surface area contributed by atoms with Crippen molar-refractivity contribution in [1.29, 1.82) is 0 Å². The van der Waals surface area contributed by atoms with Crippen LogP contribution >= 0.6 is 23.2 Å². The van der Waals surface area contributed by atoms with Crippen molar-refractivity contribution in [2.75, 3.05) is 0 Å². The van der Waals surface area contributed by atoms with Crippen molar-refractivity contribution in [2.24, 2.45) is 0 Å². The van der Waals surface area contributed by atoms with Gasteiger partial charge in [0.2, 0.25) is 0 Å². The van der Waals surface area contributed by atoms with E-state index in [1.807, 2.05) is 0 Å². The molecule has 2 nitrogen and oxygen atoms in total. The van der Waals surface area contributed by atoms with Gasteiger partial charge in [0.15, 0.2) is 5.78 Å². The minimum absolute atomic E-state index is 0.0687. The van der Waals surface area contributed by atoms with Gasteiger partial charge < -0.3 is 5.11 Å². The summed E-state index contributed by atoms with van der Waals surface area (Å²) in [5, 5.41) is 10.3. The number of Topliss-reactive ketones (excluding diaryl/α,β-unsaturated/α-hetero) is 1. The molecule has 1 aliphatic carbocycles. The summed E-state index contributed by atoms with van der Waals surface area (Å²) in [6.45, 7) is 1.31. The Morgan fingerprint density at radius 2 is 2.25 bits per heavy atom. The number of hydrogen-bond acceptors (Lipinski definition) is 2. The van der Waals surface area contributed by atoms with Gasteiger partial charge in [-0.05, 0) is 19.1 Å². The lowest BCUT2D eigenvalue weighted by Gasteiger charge is -2.24. The van der Waals surface area contributed by atoms with E-state index in [9.17, 15) is 9.90 Å². The highest BCUT2D eigenvalue weighted by molar-refractivity contribution is 6.40. The quantitative estimate of drug-likeness (QED) is 0.713. The molecular formula is C8H8Cl2O2. The molecule has 4 heteroatoms. The fourth-order valence-corrected chi connectivity index (χ4v) is 1.32. The van der Waals surface area contributed by atoms with Crippen LogP contribution in [0.5, 0.6) is 0 Å². The average Bonchev–Trinajstić information content (AvgIpc) is 1.97. The van der Waals surface area contributed by atoms with Crippen molar-refractivity contribution in [3.05, 3.63) is 22.2 Å². The molecule has 1 rings (SSSR count). The monoisotopic (exact) mass is 206 g/mol. The molecule has 1 unspecified atom stereocenters. The Hall–Kier alpha value is -0.310. The third-order valence-electron chi connectivity index (χ3n) is 1.80. The fraction of sp³-hybridized carbons (Fsp3) is 0.375. The van der Waals surface area contributed by atoms with Gasteiger partial charge in [-0.25, -0.2) is 0 Å². The van der Waals surface area contributed by atoms with E-state index in [4.69, 9.17) is 23.2 Å². The molecule has 12 heavy (non-hydrogen) atoms. The minimum atomic E-state index is -1.46. The number of rotatable bonds is 1. The second-order valence-corrected chi connectivity index (χ2v) is 3.61. The van der Waals surface area contributed by atoms with Gasteiger partial charge in [-0.15, -0.1) is 0 Å². The normalized spacial score (nSPS) is 29.3. The average molecular weight is 207 g/mol. The highest BCUT2D eigenvalue weighted by Gasteiger charge is 2.33. The third kappa shape index (κ3) is 1.71. The molecule has 0 fully saturated rings. The van der Waals surface area contributed by atoms with E-state index >= 15 is 0 Å². The van der Waals surface area contributed by atoms with Crippen LogP contribution < -0.4 is 0 Å². The molecule has 0 radical (unpaired) electrons. The topological polar surface area (TPSA) is 37.3 Å². The number of carbonyl (C=O) groups is 1. The van der Waals surface area contributed by atoms with E-state index in [1.165, 1.54) is 19.1 Å². The van der Waals surface area contributed by atoms with Crippen molar-refractivity contribution in [1.82, 2.24) is 0 Å². The molecule has 1 atom stereocenters. The first-order valence-electron chi connectivity index (χ1n) is 3.42. The van der Waals surface area contributed by atoms with Crippen LogP contribution in [-0.2, 0) is 4.79 Å². The van der Waals surface area contributed by atoms with Gasteiger partial charge in [0.25, 0.3) is 0 Å². The van der Waals surface area contributed by atoms with Crippen LogP contribution in [-0.4, -0.2) is 16.5 Å². The lowest BCUT2D eigenvalue weighted by Crippen LogP contribution is -2.35. The standard InChI is InChI=1S/C8H8Cl2O2/c1-5(11)8(12)3-2-6(9)7(10)4-8/h2-3,12H,4H2,1H3. The molecule has 1 N–H and O–H groups in total. The Balaban J connectivity index is 2.94. The van der Waals surface area contributed by atoms with Crippen molar-refractivity contribution >= 4 is 29.0 Å². The number of carbonyl (C=O) groups excluding carboxylic acids is 1. The Bertz CT molecular complexity index is 281. The van der Waals surface area contributed by atoms with Crippen LogP contribution in [0.3, 0.4) is 0 Å². The molecule has 0 aromatic heterocycles. The second kappa shape index (κ2) is 3.21. The van der Waals surface area contributed by atoms with Crippen LogP contribution in [0.2, 0.25) is 0 Å². The maximum atomic E-state index is 10.9. The summed E-state index contributed by atoms with van der Waals surface area (Å²) in [5.74, 6) is -0.332. The van der Waals surface area contributed by atoms with Gasteiger partial charge in [0.05, 0.1) is 5.03 Å². The summed E-state index contributed by atoms with van der Waals surface area (Å²) < 4.78 is 0. The van der Waals surface area contributed by atoms with Crippen LogP contribution in [0.15, 0.2) is 22.2 Å². The molecular weight excluding hydrogens is 199 g/mol. The summed E-state index contributed by atoms with van der Waals surface area (Å²) >= 11 is 11.3. The zero-order valence-corrected chi connectivity index (χ0v) is 7.99. The number of allylic oxidation sites excluding steroid dienone is 2. The molecule has 0 spiro atoms. The Morgan fingerprint density at radius 3 is 2.67 bits per heavy atom. The number of ketones is 1. The molecule has 0 aromatic carbocycles. The van der Waals surface area contributed by atoms with Crippen LogP contribution in [0, 0.1) is 0 Å². The summed E-state index contributed by atoms with van der Waals surface area (Å²) in [5.41, 5.74) is -1.46. The van der Waals surface area contributed by atoms with Crippen LogP contribution in [0.4, 0.5) is 0 Å². The predicted octanol–water partition coefficient (Wildman–Crippen LogP) is 1.96. The van der Waals surface area contributed by atoms with E-state index in [0.29, 0.717) is 10.1 Å². The Labute approximate surface area is 80.5 Å². The van der Waals surface area contributed by atoms with Gasteiger partial charge in [-0.3, -0.25) is 4.79 Å². The van der Waals surface area contributed by atoms with Gasteiger partial charge in [-0.1, -0.05) is 23.2 Å². The first-order chi connectivity index (χ1) is 5.46. The van der Waals surface area contributed by atoms with Gasteiger partial charge in [-0.2, -0.15) is 0 Å². The van der Waals surface area contributed by atoms with Crippen molar-refractivity contribution < 1.29 is 9.90 Å². The highest BCUT2D eigenvalue weighted by atomic mass is 35.5. The van der Waals surface area contributed by atoms with Crippen LogP contribution in [0.1, 0.15) is 13.3 Å². The number of halogens is 2. The molecule has 0 amide bonds. The molecule has 0 saturated carbocycles. The van der Waals surface area contributed by atoms with Crippen LogP contribution in [0.25, 0.3) is 0 Å². The lowest BCUT2D eigenvalue weighted by molar-refractivity contribution is -0.130. The maximum absolute atomic E-state index is 10.9. The smallest absolute Gasteiger partial charge is 0.165 e. The molecule has 0 aliphatic heterocycles. The fourth-order valence-electron chi connectivity index (χ4n) is 0.923. The summed E-state index contributed by atoms with van der Waals surface area (Å²) in [7, 11) is 0. The summed E-state index contributed by atoms with van der Waals surface area (Å²) in [6, 6.07) is 0. The highest BCUT2D eigenvalue weighted by Crippen LogP contribution is 2.31. The number of aliphatic hydroxyl groups is 1. The first kappa shape index (κ1) is 9.78. The third-order valence-corrected chi connectivity index (χ3v) is 2.59. The van der Waals surface area contributed by atoms with Gasteiger partial charge in [0.1, 0.15) is 5.60 Å². The summed E-state index contributed by atoms with van der Waals surface area (Å²) in [4.78, 5) is 10.9. The van der Waals surface area contributed by atoms with E-state index in [2.05, 4.69) is 0 Å². The number of hydrogen-bond donors (Lipinski definition) is 1. The minimum Gasteiger partial charge on any atom is -0.378 e. The molecule has 0 heterocycles. The van der Waals surface area contributed by atoms with E-state index in [1.54, 1.807) is 0 Å². The van der Waals surface area contributed by atoms with Crippen molar-refractivity contribution in [3.8, 4) is 0 Å². The molecule has 0 saturated heterocycles. The summed E-state index contributed by atoms with van der Waals surface area (Å²) in [6.07, 6.45) is 2.87. The molecule has 0 bridgehead atoms. The zero-order chi connectivity index (χ0) is 9.35. The van der Waals surface area contributed by atoms with E-state index < -0.39 is 5.60 Å². The van der Waals surface area contributed by atoms with Gasteiger partial charge in [0, 0.05) is 11.5 Å². The second-order valence-electron chi connectivity index (χ2n) is 2.74. The Kier molecular flexibility index (Phi) is 2.61. The molecule has 1 aliphatic rings. The largest absolute Gasteiger partial charge is 0.378 e. The van der Waals surface area contributed by atoms with Crippen molar-refractivity contribution in [2.45, 2.75) is 18.9 Å². The lowest BCUT2D eigenvalue weighted by atomic mass is 9.91. The molecule has 66 valence electrons. The maximum Gasteiger partial charge on any atom is 0.165 e. The molecule has 0 aromatic rings. The van der Waals surface area contributed by atoms with E-state index in [0.717, 1.165) is 0 Å². The SMILES string of the molecule is CC(=O)C1(O)C=CC(Cl)=C(Cl)C1. The first-order valence-corrected chi connectivity index (χ1v) is 4.18. The van der Waals surface area contributed by atoms with Crippen molar-refractivity contribution in [3.63, 3.8) is 0 Å².